The fourth-order valence-corrected chi connectivity index (χ4v) is 3.03. The van der Waals surface area contributed by atoms with E-state index in [1.807, 2.05) is 41.8 Å². The van der Waals surface area contributed by atoms with Crippen LogP contribution in [-0.4, -0.2) is 28.4 Å². The van der Waals surface area contributed by atoms with Crippen molar-refractivity contribution in [3.05, 3.63) is 46.9 Å². The molecule has 0 aliphatic carbocycles. The molecule has 0 unspecified atom stereocenters. The molecule has 0 spiro atoms. The number of nitrogen functional groups attached to an aromatic ring is 1. The van der Waals surface area contributed by atoms with Crippen molar-refractivity contribution in [3.63, 3.8) is 0 Å². The highest BCUT2D eigenvalue weighted by Gasteiger charge is 2.10. The van der Waals surface area contributed by atoms with Crippen LogP contribution < -0.4 is 24.7 Å². The number of hydrogen-bond acceptors (Lipinski definition) is 6. The molecule has 2 N–H and O–H groups in total. The first-order chi connectivity index (χ1) is 12.1. The van der Waals surface area contributed by atoms with E-state index in [9.17, 15) is 0 Å². The maximum Gasteiger partial charge on any atom is 0.141 e. The minimum Gasteiger partial charge on any atom is -0.496 e. The van der Waals surface area contributed by atoms with Crippen LogP contribution in [-0.2, 0) is 5.75 Å². The zero-order valence-corrected chi connectivity index (χ0v) is 15.7. The lowest BCUT2D eigenvalue weighted by atomic mass is 10.1. The van der Waals surface area contributed by atoms with E-state index in [2.05, 4.69) is 0 Å². The second kappa shape index (κ2) is 9.13. The Morgan fingerprint density at radius 1 is 0.880 bits per heavy atom. The van der Waals surface area contributed by atoms with Crippen molar-refractivity contribution in [1.82, 2.24) is 0 Å². The number of ether oxygens (including phenoxy) is 4. The predicted octanol–water partition coefficient (Wildman–Crippen LogP) is 4.21. The van der Waals surface area contributed by atoms with Crippen LogP contribution >= 0.6 is 11.8 Å². The van der Waals surface area contributed by atoms with E-state index in [0.29, 0.717) is 28.7 Å². The van der Waals surface area contributed by atoms with Gasteiger partial charge < -0.3 is 24.7 Å². The number of hydrogen-bond donors (Lipinski definition) is 1. The summed E-state index contributed by atoms with van der Waals surface area (Å²) in [6, 6.07) is 9.47. The topological polar surface area (TPSA) is 62.9 Å². The van der Waals surface area contributed by atoms with Crippen molar-refractivity contribution < 1.29 is 18.9 Å². The highest BCUT2D eigenvalue weighted by molar-refractivity contribution is 8.01. The van der Waals surface area contributed by atoms with E-state index >= 15 is 0 Å². The van der Waals surface area contributed by atoms with E-state index in [1.165, 1.54) is 0 Å². The van der Waals surface area contributed by atoms with E-state index < -0.39 is 0 Å². The highest BCUT2D eigenvalue weighted by atomic mass is 32.2. The zero-order chi connectivity index (χ0) is 18.2. The smallest absolute Gasteiger partial charge is 0.141 e. The van der Waals surface area contributed by atoms with Gasteiger partial charge >= 0.3 is 0 Å². The molecule has 0 saturated carbocycles. The number of methoxy groups -OCH3 is 4. The predicted molar refractivity (Wildman–Crippen MR) is 104 cm³/mol. The molecular weight excluding hydrogens is 338 g/mol. The molecule has 134 valence electrons. The van der Waals surface area contributed by atoms with Crippen LogP contribution in [0.1, 0.15) is 11.1 Å². The summed E-state index contributed by atoms with van der Waals surface area (Å²) in [5.41, 5.74) is 8.57. The molecule has 0 heterocycles. The molecule has 0 bridgehead atoms. The quantitative estimate of drug-likeness (QED) is 0.711. The number of thioether (sulfide) groups is 1. The zero-order valence-electron chi connectivity index (χ0n) is 14.9. The Labute approximate surface area is 152 Å². The van der Waals surface area contributed by atoms with Crippen molar-refractivity contribution in [2.24, 2.45) is 0 Å². The SMILES string of the molecule is COc1cc(OC)c(/C=C/SCc2ccc(OC)c(N)c2)c(OC)c1. The third-order valence-electron chi connectivity index (χ3n) is 3.63. The summed E-state index contributed by atoms with van der Waals surface area (Å²) in [4.78, 5) is 0. The Balaban J connectivity index is 2.10. The van der Waals surface area contributed by atoms with E-state index in [-0.39, 0.29) is 0 Å². The van der Waals surface area contributed by atoms with Gasteiger partial charge in [-0.2, -0.15) is 0 Å². The van der Waals surface area contributed by atoms with Crippen LogP contribution in [0.3, 0.4) is 0 Å². The van der Waals surface area contributed by atoms with Gasteiger partial charge in [0.2, 0.25) is 0 Å². The van der Waals surface area contributed by atoms with Gasteiger partial charge in [-0.05, 0) is 29.2 Å². The van der Waals surface area contributed by atoms with Gasteiger partial charge in [0.15, 0.2) is 0 Å². The fraction of sp³-hybridized carbons (Fsp3) is 0.263. The van der Waals surface area contributed by atoms with Crippen molar-refractivity contribution >= 4 is 23.5 Å². The molecule has 0 atom stereocenters. The summed E-state index contributed by atoms with van der Waals surface area (Å²) >= 11 is 1.65. The second-order valence-corrected chi connectivity index (χ2v) is 6.03. The average Bonchev–Trinajstić information content (AvgIpc) is 2.64. The number of nitrogens with two attached hydrogens (primary N) is 1. The molecule has 2 aromatic rings. The van der Waals surface area contributed by atoms with E-state index in [1.54, 1.807) is 40.2 Å². The Bertz CT molecular complexity index is 721. The fourth-order valence-electron chi connectivity index (χ4n) is 2.33. The summed E-state index contributed by atoms with van der Waals surface area (Å²) in [5, 5.41) is 2.01. The average molecular weight is 361 g/mol. The van der Waals surface area contributed by atoms with Crippen LogP contribution in [0.2, 0.25) is 0 Å². The van der Waals surface area contributed by atoms with Crippen LogP contribution in [0, 0.1) is 0 Å². The van der Waals surface area contributed by atoms with Crippen molar-refractivity contribution in [2.75, 3.05) is 34.2 Å². The molecule has 5 nitrogen and oxygen atoms in total. The lowest BCUT2D eigenvalue weighted by Gasteiger charge is -2.12. The van der Waals surface area contributed by atoms with Crippen LogP contribution in [0.5, 0.6) is 23.0 Å². The Hall–Kier alpha value is -2.47. The molecule has 0 aliphatic heterocycles. The van der Waals surface area contributed by atoms with Gasteiger partial charge in [0.25, 0.3) is 0 Å². The van der Waals surface area contributed by atoms with E-state index in [0.717, 1.165) is 16.9 Å². The maximum atomic E-state index is 5.93. The first kappa shape index (κ1) is 18.9. The number of anilines is 1. The van der Waals surface area contributed by atoms with Gasteiger partial charge in [-0.15, -0.1) is 11.8 Å². The molecule has 6 heteroatoms. The summed E-state index contributed by atoms with van der Waals surface area (Å²) in [7, 11) is 6.47. The Morgan fingerprint density at radius 3 is 2.04 bits per heavy atom. The molecular formula is C19H23NO4S. The third kappa shape index (κ3) is 4.76. The standard InChI is InChI=1S/C19H23NO4S/c1-21-14-10-18(23-3)15(19(11-14)24-4)7-8-25-12-13-5-6-17(22-2)16(20)9-13/h5-11H,12,20H2,1-4H3/b8-7+. The summed E-state index contributed by atoms with van der Waals surface area (Å²) < 4.78 is 21.3. The molecule has 2 rings (SSSR count). The highest BCUT2D eigenvalue weighted by Crippen LogP contribution is 2.35. The Kier molecular flexibility index (Phi) is 6.89. The number of benzene rings is 2. The van der Waals surface area contributed by atoms with Gasteiger partial charge in [-0.3, -0.25) is 0 Å². The van der Waals surface area contributed by atoms with Gasteiger partial charge in [0, 0.05) is 17.9 Å². The normalized spacial score (nSPS) is 10.7. The van der Waals surface area contributed by atoms with Crippen LogP contribution in [0.4, 0.5) is 5.69 Å². The monoisotopic (exact) mass is 361 g/mol. The third-order valence-corrected chi connectivity index (χ3v) is 4.46. The summed E-state index contributed by atoms with van der Waals surface area (Å²) in [6.45, 7) is 0. The van der Waals surface area contributed by atoms with Crippen molar-refractivity contribution in [3.8, 4) is 23.0 Å². The molecule has 0 amide bonds. The first-order valence-electron chi connectivity index (χ1n) is 7.63. The first-order valence-corrected chi connectivity index (χ1v) is 8.68. The van der Waals surface area contributed by atoms with Gasteiger partial charge in [0.1, 0.15) is 23.0 Å². The molecule has 2 aromatic carbocycles. The van der Waals surface area contributed by atoms with Crippen molar-refractivity contribution in [2.45, 2.75) is 5.75 Å². The maximum absolute atomic E-state index is 5.93. The molecule has 0 saturated heterocycles. The lowest BCUT2D eigenvalue weighted by Crippen LogP contribution is -1.94. The van der Waals surface area contributed by atoms with Gasteiger partial charge in [-0.1, -0.05) is 6.07 Å². The molecule has 0 radical (unpaired) electrons. The summed E-state index contributed by atoms with van der Waals surface area (Å²) in [5.74, 6) is 3.57. The molecule has 25 heavy (non-hydrogen) atoms. The molecule has 0 aliphatic rings. The van der Waals surface area contributed by atoms with Gasteiger partial charge in [-0.25, -0.2) is 0 Å². The largest absolute Gasteiger partial charge is 0.496 e. The Morgan fingerprint density at radius 2 is 1.52 bits per heavy atom. The van der Waals surface area contributed by atoms with Crippen molar-refractivity contribution in [1.29, 1.82) is 0 Å². The minimum absolute atomic E-state index is 0.642. The molecule has 0 aromatic heterocycles. The molecule has 0 fully saturated rings. The van der Waals surface area contributed by atoms with Crippen LogP contribution in [0.25, 0.3) is 6.08 Å². The van der Waals surface area contributed by atoms with E-state index in [4.69, 9.17) is 24.7 Å². The number of rotatable bonds is 8. The lowest BCUT2D eigenvalue weighted by molar-refractivity contribution is 0.374. The second-order valence-electron chi connectivity index (χ2n) is 5.14. The minimum atomic E-state index is 0.642. The summed E-state index contributed by atoms with van der Waals surface area (Å²) in [6.07, 6.45) is 1.97. The van der Waals surface area contributed by atoms with Gasteiger partial charge in [0.05, 0.1) is 39.7 Å². The van der Waals surface area contributed by atoms with Crippen LogP contribution in [0.15, 0.2) is 35.7 Å².